The van der Waals surface area contributed by atoms with Crippen LogP contribution in [0.25, 0.3) is 22.4 Å². The Labute approximate surface area is 242 Å². The number of hydrogen-bond donors (Lipinski definition) is 0. The molecule has 0 unspecified atom stereocenters. The van der Waals surface area contributed by atoms with E-state index in [9.17, 15) is 0 Å². The van der Waals surface area contributed by atoms with Gasteiger partial charge >= 0.3 is 0 Å². The monoisotopic (exact) mass is 531 g/mol. The number of ether oxygens (including phenoxy) is 1. The van der Waals surface area contributed by atoms with Crippen molar-refractivity contribution in [2.24, 2.45) is 0 Å². The molecule has 2 nitrogen and oxygen atoms in total. The van der Waals surface area contributed by atoms with Crippen LogP contribution in [0.2, 0.25) is 0 Å². The number of rotatable bonds is 7. The van der Waals surface area contributed by atoms with Gasteiger partial charge in [0.15, 0.2) is 0 Å². The van der Waals surface area contributed by atoms with Gasteiger partial charge in [0, 0.05) is 16.8 Å². The van der Waals surface area contributed by atoms with Crippen molar-refractivity contribution >= 4 is 39.5 Å². The van der Waals surface area contributed by atoms with Gasteiger partial charge < -0.3 is 9.64 Å². The van der Waals surface area contributed by atoms with E-state index in [1.165, 1.54) is 38.6 Å². The molecule has 6 aromatic rings. The maximum absolute atomic E-state index is 5.44. The minimum absolute atomic E-state index is 0.840. The Morgan fingerprint density at radius 2 is 1.10 bits per heavy atom. The van der Waals surface area contributed by atoms with E-state index >= 15 is 0 Å². The third kappa shape index (κ3) is 5.64. The quantitative estimate of drug-likeness (QED) is 0.190. The van der Waals surface area contributed by atoms with Crippen molar-refractivity contribution in [3.63, 3.8) is 0 Å². The summed E-state index contributed by atoms with van der Waals surface area (Å²) in [5.41, 5.74) is 10.6. The zero-order valence-electron chi connectivity index (χ0n) is 23.7. The van der Waals surface area contributed by atoms with Gasteiger partial charge in [-0.2, -0.15) is 0 Å². The highest BCUT2D eigenvalue weighted by Gasteiger charge is 2.15. The van der Waals surface area contributed by atoms with Crippen LogP contribution in [0, 0.1) is 13.8 Å². The van der Waals surface area contributed by atoms with Crippen molar-refractivity contribution in [3.05, 3.63) is 167 Å². The van der Waals surface area contributed by atoms with Gasteiger partial charge in [0.2, 0.25) is 0 Å². The molecule has 2 heteroatoms. The van der Waals surface area contributed by atoms with E-state index in [1.807, 2.05) is 12.1 Å². The fourth-order valence-electron chi connectivity index (χ4n) is 5.25. The maximum atomic E-state index is 5.44. The second-order valence-electron chi connectivity index (χ2n) is 10.4. The fourth-order valence-corrected chi connectivity index (χ4v) is 5.25. The van der Waals surface area contributed by atoms with E-state index in [4.69, 9.17) is 4.74 Å². The first kappa shape index (κ1) is 26.2. The molecule has 0 aliphatic carbocycles. The highest BCUT2D eigenvalue weighted by molar-refractivity contribution is 5.99. The average Bonchev–Trinajstić information content (AvgIpc) is 3.02. The number of benzene rings is 6. The molecule has 0 heterocycles. The fraction of sp³-hybridized carbons (Fsp3) is 0.0769. The number of methoxy groups -OCH3 is 1. The third-order valence-electron chi connectivity index (χ3n) is 7.53. The van der Waals surface area contributed by atoms with Crippen LogP contribution in [-0.2, 0) is 0 Å². The highest BCUT2D eigenvalue weighted by Crippen LogP contribution is 2.39. The van der Waals surface area contributed by atoms with Gasteiger partial charge in [0.1, 0.15) is 5.75 Å². The van der Waals surface area contributed by atoms with Crippen molar-refractivity contribution in [2.45, 2.75) is 13.8 Å². The summed E-state index contributed by atoms with van der Waals surface area (Å²) < 4.78 is 5.44. The SMILES string of the molecule is COc1ccc(N(c2ccc(C=C(c3ccc(C)cc3)c3ccc(C)cc3)cc2)c2cccc3ccccc23)cc1. The molecular formula is C39H33NO. The van der Waals surface area contributed by atoms with Crippen molar-refractivity contribution in [3.8, 4) is 5.75 Å². The Morgan fingerprint density at radius 1 is 0.561 bits per heavy atom. The number of aryl methyl sites for hydroxylation is 2. The summed E-state index contributed by atoms with van der Waals surface area (Å²) in [6, 6.07) is 49.7. The smallest absolute Gasteiger partial charge is 0.119 e. The summed E-state index contributed by atoms with van der Waals surface area (Å²) in [6.07, 6.45) is 2.29. The van der Waals surface area contributed by atoms with Gasteiger partial charge in [-0.25, -0.2) is 0 Å². The van der Waals surface area contributed by atoms with Crippen LogP contribution in [0.1, 0.15) is 27.8 Å². The Morgan fingerprint density at radius 3 is 1.68 bits per heavy atom. The molecule has 6 aromatic carbocycles. The highest BCUT2D eigenvalue weighted by atomic mass is 16.5. The predicted octanol–water partition coefficient (Wildman–Crippen LogP) is 10.5. The molecule has 0 aliphatic heterocycles. The topological polar surface area (TPSA) is 12.5 Å². The Kier molecular flexibility index (Phi) is 7.38. The lowest BCUT2D eigenvalue weighted by Gasteiger charge is -2.27. The first-order valence-corrected chi connectivity index (χ1v) is 14.0. The number of anilines is 3. The molecular weight excluding hydrogens is 498 g/mol. The normalized spacial score (nSPS) is 10.8. The van der Waals surface area contributed by atoms with E-state index in [0.29, 0.717) is 0 Å². The molecule has 0 aromatic heterocycles. The predicted molar refractivity (Wildman–Crippen MR) is 175 cm³/mol. The van der Waals surface area contributed by atoms with E-state index in [1.54, 1.807) is 7.11 Å². The van der Waals surface area contributed by atoms with E-state index in [2.05, 4.69) is 152 Å². The van der Waals surface area contributed by atoms with Crippen molar-refractivity contribution in [1.29, 1.82) is 0 Å². The van der Waals surface area contributed by atoms with Gasteiger partial charge in [-0.15, -0.1) is 0 Å². The summed E-state index contributed by atoms with van der Waals surface area (Å²) >= 11 is 0. The Balaban J connectivity index is 1.44. The van der Waals surface area contributed by atoms with Crippen LogP contribution in [0.5, 0.6) is 5.75 Å². The van der Waals surface area contributed by atoms with Crippen molar-refractivity contribution in [2.75, 3.05) is 12.0 Å². The molecule has 200 valence electrons. The molecule has 0 aliphatic rings. The largest absolute Gasteiger partial charge is 0.497 e. The zero-order valence-corrected chi connectivity index (χ0v) is 23.7. The summed E-state index contributed by atoms with van der Waals surface area (Å²) in [5, 5.41) is 2.42. The first-order valence-electron chi connectivity index (χ1n) is 14.0. The molecule has 0 saturated carbocycles. The van der Waals surface area contributed by atoms with Gasteiger partial charge in [0.05, 0.1) is 12.8 Å². The lowest BCUT2D eigenvalue weighted by Crippen LogP contribution is -2.10. The summed E-state index contributed by atoms with van der Waals surface area (Å²) in [7, 11) is 1.70. The standard InChI is InChI=1S/C39H33NO/c1-28-11-17-32(18-12-28)38(33-19-13-29(2)14-20-33)27-30-15-21-34(22-16-30)40(35-23-25-36(41-3)26-24-35)39-10-6-8-31-7-4-5-9-37(31)39/h4-27H,1-3H3. The van der Waals surface area contributed by atoms with Crippen molar-refractivity contribution in [1.82, 2.24) is 0 Å². The minimum Gasteiger partial charge on any atom is -0.497 e. The molecule has 0 saturated heterocycles. The third-order valence-corrected chi connectivity index (χ3v) is 7.53. The first-order chi connectivity index (χ1) is 20.1. The maximum Gasteiger partial charge on any atom is 0.119 e. The summed E-state index contributed by atoms with van der Waals surface area (Å²) in [5.74, 6) is 0.840. The van der Waals surface area contributed by atoms with Gasteiger partial charge in [0.25, 0.3) is 0 Å². The van der Waals surface area contributed by atoms with Crippen molar-refractivity contribution < 1.29 is 4.74 Å². The second-order valence-corrected chi connectivity index (χ2v) is 10.4. The molecule has 6 rings (SSSR count). The second kappa shape index (κ2) is 11.6. The lowest BCUT2D eigenvalue weighted by atomic mass is 9.94. The molecule has 0 spiro atoms. The lowest BCUT2D eigenvalue weighted by molar-refractivity contribution is 0.415. The van der Waals surface area contributed by atoms with Crippen LogP contribution in [0.3, 0.4) is 0 Å². The Bertz CT molecular complexity index is 1740. The van der Waals surface area contributed by atoms with Gasteiger partial charge in [-0.1, -0.05) is 108 Å². The molecule has 0 atom stereocenters. The van der Waals surface area contributed by atoms with Crippen LogP contribution in [0.15, 0.2) is 140 Å². The molecule has 0 amide bonds. The van der Waals surface area contributed by atoms with Crippen LogP contribution < -0.4 is 9.64 Å². The molecule has 0 bridgehead atoms. The number of nitrogens with zero attached hydrogens (tertiary/aromatic N) is 1. The molecule has 0 N–H and O–H groups in total. The Hall–Kier alpha value is -5.08. The minimum atomic E-state index is 0.840. The zero-order chi connectivity index (χ0) is 28.2. The van der Waals surface area contributed by atoms with E-state index in [0.717, 1.165) is 28.4 Å². The van der Waals surface area contributed by atoms with Gasteiger partial charge in [-0.05, 0) is 90.0 Å². The van der Waals surface area contributed by atoms with Gasteiger partial charge in [-0.3, -0.25) is 0 Å². The number of fused-ring (bicyclic) bond motifs is 1. The van der Waals surface area contributed by atoms with Crippen LogP contribution >= 0.6 is 0 Å². The number of hydrogen-bond acceptors (Lipinski definition) is 2. The molecule has 41 heavy (non-hydrogen) atoms. The average molecular weight is 532 g/mol. The summed E-state index contributed by atoms with van der Waals surface area (Å²) in [4.78, 5) is 2.32. The van der Waals surface area contributed by atoms with E-state index < -0.39 is 0 Å². The van der Waals surface area contributed by atoms with Crippen LogP contribution in [0.4, 0.5) is 17.1 Å². The molecule has 0 radical (unpaired) electrons. The van der Waals surface area contributed by atoms with Crippen LogP contribution in [-0.4, -0.2) is 7.11 Å². The van der Waals surface area contributed by atoms with E-state index in [-0.39, 0.29) is 0 Å². The summed E-state index contributed by atoms with van der Waals surface area (Å²) in [6.45, 7) is 4.25. The molecule has 0 fully saturated rings.